The maximum absolute atomic E-state index is 13.5. The first-order valence-corrected chi connectivity index (χ1v) is 5.89. The van der Waals surface area contributed by atoms with Crippen LogP contribution in [0.25, 0.3) is 10.9 Å². The molecule has 0 spiro atoms. The van der Waals surface area contributed by atoms with E-state index >= 15 is 0 Å². The molecular weight excluding hydrogens is 269 g/mol. The summed E-state index contributed by atoms with van der Waals surface area (Å²) in [5.41, 5.74) is -0.245. The summed E-state index contributed by atoms with van der Waals surface area (Å²) in [6, 6.07) is 2.11. The van der Waals surface area contributed by atoms with Crippen LogP contribution in [0.15, 0.2) is 23.1 Å². The number of pyridine rings is 1. The molecular formula is C13H10FNO5. The van der Waals surface area contributed by atoms with Gasteiger partial charge in [-0.15, -0.1) is 0 Å². The normalized spacial score (nSPS) is 16.8. The molecule has 1 N–H and O–H groups in total. The van der Waals surface area contributed by atoms with Crippen LogP contribution in [-0.2, 0) is 0 Å². The second-order valence-corrected chi connectivity index (χ2v) is 4.56. The predicted octanol–water partition coefficient (Wildman–Crippen LogP) is 2.15. The van der Waals surface area contributed by atoms with Crippen molar-refractivity contribution in [3.63, 3.8) is 0 Å². The zero-order valence-corrected chi connectivity index (χ0v) is 10.4. The molecule has 1 aromatic carbocycles. The van der Waals surface area contributed by atoms with E-state index < -0.39 is 17.4 Å². The van der Waals surface area contributed by atoms with Gasteiger partial charge in [-0.05, 0) is 13.0 Å². The largest absolute Gasteiger partial charge is 0.511 e. The van der Waals surface area contributed by atoms with Gasteiger partial charge in [0, 0.05) is 6.07 Å². The molecule has 1 aliphatic rings. The molecule has 2 aromatic rings. The highest BCUT2D eigenvalue weighted by Gasteiger charge is 2.23. The van der Waals surface area contributed by atoms with Crippen molar-refractivity contribution in [1.82, 2.24) is 4.57 Å². The lowest BCUT2D eigenvalue weighted by atomic mass is 10.1. The van der Waals surface area contributed by atoms with Gasteiger partial charge in [-0.3, -0.25) is 4.79 Å². The van der Waals surface area contributed by atoms with Crippen molar-refractivity contribution >= 4 is 17.1 Å². The molecule has 1 aliphatic heterocycles. The molecule has 1 atom stereocenters. The van der Waals surface area contributed by atoms with Crippen molar-refractivity contribution in [1.29, 1.82) is 0 Å². The first kappa shape index (κ1) is 12.5. The van der Waals surface area contributed by atoms with E-state index in [-0.39, 0.29) is 22.9 Å². The third kappa shape index (κ3) is 1.78. The number of hydrogen-bond acceptors (Lipinski definition) is 4. The SMILES string of the molecule is CC1COc2cc(F)cc3c(=O)c(OC(=O)O)cn1c23. The van der Waals surface area contributed by atoms with Crippen LogP contribution in [0.1, 0.15) is 13.0 Å². The molecule has 0 amide bonds. The summed E-state index contributed by atoms with van der Waals surface area (Å²) in [6.07, 6.45) is -0.279. The third-order valence-electron chi connectivity index (χ3n) is 3.17. The van der Waals surface area contributed by atoms with Crippen LogP contribution in [-0.4, -0.2) is 22.4 Å². The van der Waals surface area contributed by atoms with Gasteiger partial charge in [0.15, 0.2) is 5.75 Å². The molecule has 0 fully saturated rings. The fourth-order valence-corrected chi connectivity index (χ4v) is 2.31. The average Bonchev–Trinajstić information content (AvgIpc) is 2.37. The lowest BCUT2D eigenvalue weighted by molar-refractivity contribution is 0.143. The van der Waals surface area contributed by atoms with E-state index in [2.05, 4.69) is 4.74 Å². The van der Waals surface area contributed by atoms with Crippen LogP contribution >= 0.6 is 0 Å². The van der Waals surface area contributed by atoms with Gasteiger partial charge < -0.3 is 19.1 Å². The highest BCUT2D eigenvalue weighted by molar-refractivity contribution is 5.87. The molecule has 3 rings (SSSR count). The van der Waals surface area contributed by atoms with Crippen molar-refractivity contribution < 1.29 is 23.8 Å². The summed E-state index contributed by atoms with van der Waals surface area (Å²) < 4.78 is 25.1. The van der Waals surface area contributed by atoms with Crippen molar-refractivity contribution in [2.75, 3.05) is 6.61 Å². The molecule has 0 saturated heterocycles. The number of benzene rings is 1. The molecule has 0 aliphatic carbocycles. The lowest BCUT2D eigenvalue weighted by Gasteiger charge is -2.26. The van der Waals surface area contributed by atoms with E-state index in [1.807, 2.05) is 6.92 Å². The van der Waals surface area contributed by atoms with Crippen LogP contribution in [0.5, 0.6) is 11.5 Å². The minimum atomic E-state index is -1.59. The average molecular weight is 279 g/mol. The van der Waals surface area contributed by atoms with E-state index in [0.29, 0.717) is 12.1 Å². The Morgan fingerprint density at radius 1 is 1.55 bits per heavy atom. The maximum Gasteiger partial charge on any atom is 0.511 e. The standard InChI is InChI=1S/C13H10FNO5/c1-6-5-19-9-3-7(14)2-8-11(9)15(6)4-10(12(8)16)20-13(17)18/h2-4,6H,5H2,1H3,(H,17,18). The van der Waals surface area contributed by atoms with Crippen LogP contribution in [0.3, 0.4) is 0 Å². The van der Waals surface area contributed by atoms with Crippen LogP contribution in [0.2, 0.25) is 0 Å². The molecule has 1 unspecified atom stereocenters. The number of carboxylic acid groups (broad SMARTS) is 1. The fourth-order valence-electron chi connectivity index (χ4n) is 2.31. The van der Waals surface area contributed by atoms with Crippen molar-refractivity contribution in [2.45, 2.75) is 13.0 Å². The molecule has 7 heteroatoms. The zero-order valence-electron chi connectivity index (χ0n) is 10.4. The Labute approximate surface area is 112 Å². The first-order chi connectivity index (χ1) is 9.47. The zero-order chi connectivity index (χ0) is 14.4. The van der Waals surface area contributed by atoms with Gasteiger partial charge in [-0.25, -0.2) is 9.18 Å². The van der Waals surface area contributed by atoms with E-state index in [1.54, 1.807) is 4.57 Å². The molecule has 20 heavy (non-hydrogen) atoms. The summed E-state index contributed by atoms with van der Waals surface area (Å²) in [6.45, 7) is 2.13. The summed E-state index contributed by atoms with van der Waals surface area (Å²) in [5.74, 6) is -0.717. The Hall–Kier alpha value is -2.57. The third-order valence-corrected chi connectivity index (χ3v) is 3.17. The van der Waals surface area contributed by atoms with Gasteiger partial charge in [-0.1, -0.05) is 0 Å². The van der Waals surface area contributed by atoms with Gasteiger partial charge in [0.05, 0.1) is 23.1 Å². The van der Waals surface area contributed by atoms with Gasteiger partial charge in [0.1, 0.15) is 18.2 Å². The van der Waals surface area contributed by atoms with E-state index in [0.717, 1.165) is 6.07 Å². The van der Waals surface area contributed by atoms with Crippen LogP contribution in [0, 0.1) is 5.82 Å². The Balaban J connectivity index is 2.40. The molecule has 0 bridgehead atoms. The first-order valence-electron chi connectivity index (χ1n) is 5.89. The Bertz CT molecular complexity index is 782. The summed E-state index contributed by atoms with van der Waals surface area (Å²) >= 11 is 0. The van der Waals surface area contributed by atoms with E-state index in [9.17, 15) is 14.0 Å². The molecule has 2 heterocycles. The quantitative estimate of drug-likeness (QED) is 0.809. The Kier molecular flexibility index (Phi) is 2.63. The highest BCUT2D eigenvalue weighted by Crippen LogP contribution is 2.33. The van der Waals surface area contributed by atoms with Crippen LogP contribution in [0.4, 0.5) is 9.18 Å². The van der Waals surface area contributed by atoms with Crippen molar-refractivity contribution in [3.05, 3.63) is 34.4 Å². The molecule has 6 nitrogen and oxygen atoms in total. The van der Waals surface area contributed by atoms with Gasteiger partial charge in [0.25, 0.3) is 0 Å². The topological polar surface area (TPSA) is 77.8 Å². The number of aromatic nitrogens is 1. The van der Waals surface area contributed by atoms with Gasteiger partial charge in [0.2, 0.25) is 5.43 Å². The lowest BCUT2D eigenvalue weighted by Crippen LogP contribution is -2.24. The van der Waals surface area contributed by atoms with E-state index in [4.69, 9.17) is 9.84 Å². The summed E-state index contributed by atoms with van der Waals surface area (Å²) in [5, 5.41) is 8.68. The second-order valence-electron chi connectivity index (χ2n) is 4.56. The number of ether oxygens (including phenoxy) is 2. The Morgan fingerprint density at radius 3 is 3.00 bits per heavy atom. The highest BCUT2D eigenvalue weighted by atomic mass is 19.1. The minimum absolute atomic E-state index is 0.0327. The summed E-state index contributed by atoms with van der Waals surface area (Å²) in [7, 11) is 0. The second kappa shape index (κ2) is 4.22. The Morgan fingerprint density at radius 2 is 2.30 bits per heavy atom. The number of carbonyl (C=O) groups is 1. The van der Waals surface area contributed by atoms with Gasteiger partial charge in [-0.2, -0.15) is 0 Å². The maximum atomic E-state index is 13.5. The molecule has 0 radical (unpaired) electrons. The molecule has 104 valence electrons. The monoisotopic (exact) mass is 279 g/mol. The molecule has 0 saturated carbocycles. The fraction of sp³-hybridized carbons (Fsp3) is 0.231. The number of halogens is 1. The number of hydrogen-bond donors (Lipinski definition) is 1. The van der Waals surface area contributed by atoms with Crippen molar-refractivity contribution in [3.8, 4) is 11.5 Å². The predicted molar refractivity (Wildman–Crippen MR) is 67.0 cm³/mol. The number of nitrogens with zero attached hydrogens (tertiary/aromatic N) is 1. The minimum Gasteiger partial charge on any atom is -0.489 e. The van der Waals surface area contributed by atoms with E-state index in [1.165, 1.54) is 12.3 Å². The smallest absolute Gasteiger partial charge is 0.489 e. The van der Waals surface area contributed by atoms with Crippen molar-refractivity contribution in [2.24, 2.45) is 0 Å². The summed E-state index contributed by atoms with van der Waals surface area (Å²) in [4.78, 5) is 22.8. The van der Waals surface area contributed by atoms with Gasteiger partial charge >= 0.3 is 6.16 Å². The molecule has 1 aromatic heterocycles. The van der Waals surface area contributed by atoms with Crippen LogP contribution < -0.4 is 14.9 Å². The number of rotatable bonds is 1.